The van der Waals surface area contributed by atoms with E-state index in [2.05, 4.69) is 26.5 Å². The molecule has 0 bridgehead atoms. The molecule has 5 aromatic rings. The summed E-state index contributed by atoms with van der Waals surface area (Å²) in [6.45, 7) is 4.22. The summed E-state index contributed by atoms with van der Waals surface area (Å²) in [5.41, 5.74) is 7.95. The second kappa shape index (κ2) is 13.2. The number of nitrogen functional groups attached to an aromatic ring is 2. The van der Waals surface area contributed by atoms with E-state index in [0.717, 1.165) is 18.6 Å². The van der Waals surface area contributed by atoms with Crippen molar-refractivity contribution in [3.05, 3.63) is 65.6 Å². The van der Waals surface area contributed by atoms with Crippen molar-refractivity contribution >= 4 is 49.0 Å². The Balaban J connectivity index is 1.43. The first-order valence-electron chi connectivity index (χ1n) is 17.0. The number of nitrogens with zero attached hydrogens (tertiary/aromatic N) is 7. The number of halogens is 6. The molecule has 6 heterocycles. The minimum Gasteiger partial charge on any atom is -0.490 e. The molecule has 0 spiro atoms. The zero-order valence-electron chi connectivity index (χ0n) is 28.4. The summed E-state index contributed by atoms with van der Waals surface area (Å²) in [5, 5.41) is 9.08. The predicted octanol–water partition coefficient (Wildman–Crippen LogP) is 7.11. The molecule has 2 fully saturated rings. The summed E-state index contributed by atoms with van der Waals surface area (Å²) >= 11 is 0.657. The van der Waals surface area contributed by atoms with Crippen LogP contribution in [0.25, 0.3) is 32.1 Å². The fourth-order valence-corrected chi connectivity index (χ4v) is 9.13. The minimum atomic E-state index is -5.26. The summed E-state index contributed by atoms with van der Waals surface area (Å²) in [6.07, 6.45) is -0.200. The molecule has 0 radical (unpaired) electrons. The average Bonchev–Trinajstić information content (AvgIpc) is 3.73. The van der Waals surface area contributed by atoms with Gasteiger partial charge in [-0.05, 0) is 37.4 Å². The van der Waals surface area contributed by atoms with Crippen LogP contribution in [-0.2, 0) is 6.18 Å². The van der Waals surface area contributed by atoms with E-state index in [4.69, 9.17) is 20.9 Å². The van der Waals surface area contributed by atoms with Gasteiger partial charge in [0, 0.05) is 36.3 Å². The molecule has 3 atom stereocenters. The molecule has 4 N–H and O–H groups in total. The van der Waals surface area contributed by atoms with Gasteiger partial charge in [-0.2, -0.15) is 28.4 Å². The molecule has 0 amide bonds. The molecular formula is C36H31F6N9O2S. The Bertz CT molecular complexity index is 2380. The standard InChI is InChI=1S/C36H31F6N9O2S/c1-2-4-21(27-31(44)47-9-8-46-27)51-11-12-52-29-24-28(48-34(49-33(24)51)53-16-35-7-3-10-50(35)15-17(37)13-35)26(39)23(25(29)36(40,41)42)18-5-6-20(38)30-22(18)19(14-43)32(45)54-30/h2,5-6,8-9,17,21H,1,3-4,7,10-13,15-16,45H2,(H2,44,47)/t17-,21-,35+/m1/s1. The summed E-state index contributed by atoms with van der Waals surface area (Å²) in [7, 11) is 0. The van der Waals surface area contributed by atoms with E-state index < -0.39 is 68.9 Å². The SMILES string of the molecule is C=CC[C@H](c1nccnc1N)N1CCOc2c(C(F)(F)F)c(-c3ccc(F)c4sc(N)c(C#N)c34)c(F)c3nc(OC[C@@]45CCCN4C[C@H](F)C5)nc1c23. The van der Waals surface area contributed by atoms with Gasteiger partial charge in [-0.25, -0.2) is 18.2 Å². The van der Waals surface area contributed by atoms with Crippen molar-refractivity contribution in [1.82, 2.24) is 24.8 Å². The molecule has 18 heteroatoms. The van der Waals surface area contributed by atoms with Gasteiger partial charge in [0.1, 0.15) is 70.4 Å². The third-order valence-corrected chi connectivity index (χ3v) is 11.4. The number of hydrogen-bond donors (Lipinski definition) is 2. The molecule has 11 nitrogen and oxygen atoms in total. The number of nitrogens with two attached hydrogens (primary N) is 2. The van der Waals surface area contributed by atoms with Gasteiger partial charge < -0.3 is 25.8 Å². The topological polar surface area (TPSA) is 152 Å². The third-order valence-electron chi connectivity index (χ3n) is 10.4. The number of benzene rings is 2. The van der Waals surface area contributed by atoms with Crippen molar-refractivity contribution in [2.75, 3.05) is 49.2 Å². The van der Waals surface area contributed by atoms with Gasteiger partial charge in [-0.3, -0.25) is 9.88 Å². The van der Waals surface area contributed by atoms with Crippen LogP contribution >= 0.6 is 11.3 Å². The molecule has 3 aliphatic heterocycles. The second-order valence-electron chi connectivity index (χ2n) is 13.5. The Kier molecular flexibility index (Phi) is 8.68. The molecule has 0 aliphatic carbocycles. The number of aromatic nitrogens is 4. The van der Waals surface area contributed by atoms with Crippen LogP contribution in [0.4, 0.5) is 43.0 Å². The van der Waals surface area contributed by atoms with E-state index in [1.165, 1.54) is 12.4 Å². The summed E-state index contributed by atoms with van der Waals surface area (Å²) in [5.74, 6) is -3.22. The van der Waals surface area contributed by atoms with E-state index in [1.54, 1.807) is 11.0 Å². The van der Waals surface area contributed by atoms with Crippen LogP contribution in [0.5, 0.6) is 11.8 Å². The maximum atomic E-state index is 17.5. The Morgan fingerprint density at radius 1 is 1.17 bits per heavy atom. The lowest BCUT2D eigenvalue weighted by molar-refractivity contribution is -0.138. The fourth-order valence-electron chi connectivity index (χ4n) is 8.18. The van der Waals surface area contributed by atoms with Crippen LogP contribution in [0.3, 0.4) is 0 Å². The van der Waals surface area contributed by atoms with Crippen molar-refractivity contribution < 1.29 is 35.8 Å². The lowest BCUT2D eigenvalue weighted by Gasteiger charge is -2.32. The largest absolute Gasteiger partial charge is 0.490 e. The molecule has 0 unspecified atom stereocenters. The van der Waals surface area contributed by atoms with E-state index in [0.29, 0.717) is 24.3 Å². The first-order valence-corrected chi connectivity index (χ1v) is 17.8. The molecule has 54 heavy (non-hydrogen) atoms. The van der Waals surface area contributed by atoms with Crippen LogP contribution in [-0.4, -0.2) is 69.4 Å². The minimum absolute atomic E-state index is 0.0418. The number of rotatable bonds is 8. The molecular weight excluding hydrogens is 737 g/mol. The zero-order valence-corrected chi connectivity index (χ0v) is 29.2. The van der Waals surface area contributed by atoms with E-state index in [1.807, 2.05) is 11.0 Å². The van der Waals surface area contributed by atoms with Gasteiger partial charge in [0.05, 0.1) is 33.8 Å². The smallest absolute Gasteiger partial charge is 0.420 e. The van der Waals surface area contributed by atoms with Gasteiger partial charge in [-0.15, -0.1) is 17.9 Å². The highest BCUT2D eigenvalue weighted by atomic mass is 32.1. The van der Waals surface area contributed by atoms with Gasteiger partial charge >= 0.3 is 12.2 Å². The van der Waals surface area contributed by atoms with Crippen LogP contribution in [0.2, 0.25) is 0 Å². The summed E-state index contributed by atoms with van der Waals surface area (Å²) < 4.78 is 106. The monoisotopic (exact) mass is 767 g/mol. The van der Waals surface area contributed by atoms with Crippen molar-refractivity contribution in [3.63, 3.8) is 0 Å². The number of fused-ring (bicyclic) bond motifs is 2. The molecule has 280 valence electrons. The molecule has 2 aromatic carbocycles. The lowest BCUT2D eigenvalue weighted by Crippen LogP contribution is -2.43. The summed E-state index contributed by atoms with van der Waals surface area (Å²) in [4.78, 5) is 21.1. The molecule has 3 aromatic heterocycles. The van der Waals surface area contributed by atoms with Crippen molar-refractivity contribution in [3.8, 4) is 29.0 Å². The zero-order chi connectivity index (χ0) is 38.1. The first-order chi connectivity index (χ1) is 25.9. The van der Waals surface area contributed by atoms with Gasteiger partial charge in [-0.1, -0.05) is 12.1 Å². The lowest BCUT2D eigenvalue weighted by atomic mass is 9.91. The van der Waals surface area contributed by atoms with Crippen LogP contribution in [0, 0.1) is 23.0 Å². The Labute approximate surface area is 307 Å². The fraction of sp³-hybridized carbons (Fsp3) is 0.361. The Hall–Kier alpha value is -5.41. The predicted molar refractivity (Wildman–Crippen MR) is 190 cm³/mol. The van der Waals surface area contributed by atoms with Crippen molar-refractivity contribution in [2.24, 2.45) is 0 Å². The molecule has 3 aliphatic rings. The Morgan fingerprint density at radius 2 is 1.96 bits per heavy atom. The molecule has 2 saturated heterocycles. The van der Waals surface area contributed by atoms with E-state index >= 15 is 22.0 Å². The van der Waals surface area contributed by atoms with Gasteiger partial charge in [0.15, 0.2) is 5.82 Å². The van der Waals surface area contributed by atoms with Crippen molar-refractivity contribution in [1.29, 1.82) is 5.26 Å². The van der Waals surface area contributed by atoms with E-state index in [-0.39, 0.29) is 83.1 Å². The van der Waals surface area contributed by atoms with Crippen LogP contribution in [0.15, 0.2) is 37.2 Å². The normalized spacial score (nSPS) is 20.5. The van der Waals surface area contributed by atoms with Crippen LogP contribution < -0.4 is 25.8 Å². The number of ether oxygens (including phenoxy) is 2. The van der Waals surface area contributed by atoms with Crippen molar-refractivity contribution in [2.45, 2.75) is 49.6 Å². The Morgan fingerprint density at radius 3 is 2.70 bits per heavy atom. The maximum absolute atomic E-state index is 17.5. The highest BCUT2D eigenvalue weighted by molar-refractivity contribution is 7.23. The average molecular weight is 768 g/mol. The molecule has 0 saturated carbocycles. The second-order valence-corrected chi connectivity index (χ2v) is 14.5. The van der Waals surface area contributed by atoms with Crippen LogP contribution in [0.1, 0.15) is 48.5 Å². The maximum Gasteiger partial charge on any atom is 0.420 e. The first kappa shape index (κ1) is 35.6. The van der Waals surface area contributed by atoms with E-state index in [9.17, 15) is 9.65 Å². The third kappa shape index (κ3) is 5.59. The number of hydrogen-bond acceptors (Lipinski definition) is 12. The highest BCUT2D eigenvalue weighted by Crippen LogP contribution is 2.54. The number of anilines is 3. The number of thiophene rings is 1. The van der Waals surface area contributed by atoms with Gasteiger partial charge in [0.2, 0.25) is 0 Å². The quantitative estimate of drug-likeness (QED) is 0.123. The number of alkyl halides is 4. The molecule has 8 rings (SSSR count). The number of nitriles is 1. The van der Waals surface area contributed by atoms with Gasteiger partial charge in [0.25, 0.3) is 0 Å². The highest BCUT2D eigenvalue weighted by Gasteiger charge is 2.50. The summed E-state index contributed by atoms with van der Waals surface area (Å²) in [6, 6.07) is 2.48.